The normalized spacial score (nSPS) is 19.8. The number of thiazole rings is 1. The fourth-order valence-corrected chi connectivity index (χ4v) is 3.00. The first-order chi connectivity index (χ1) is 6.30. The van der Waals surface area contributed by atoms with Crippen LogP contribution >= 0.6 is 11.3 Å². The van der Waals surface area contributed by atoms with Gasteiger partial charge in [0.2, 0.25) is 0 Å². The predicted octanol–water partition coefficient (Wildman–Crippen LogP) is 2.09. The minimum absolute atomic E-state index is 0.262. The topological polar surface area (TPSA) is 38.9 Å². The van der Waals surface area contributed by atoms with Crippen LogP contribution in [-0.2, 0) is 11.8 Å². The van der Waals surface area contributed by atoms with Gasteiger partial charge in [0.15, 0.2) is 0 Å². The summed E-state index contributed by atoms with van der Waals surface area (Å²) in [5, 5.41) is 3.45. The van der Waals surface area contributed by atoms with E-state index in [1.807, 2.05) is 0 Å². The molecule has 3 heteroatoms. The second kappa shape index (κ2) is 3.39. The molecule has 2 rings (SSSR count). The average Bonchev–Trinajstić information content (AvgIpc) is 2.52. The van der Waals surface area contributed by atoms with E-state index in [1.54, 1.807) is 11.3 Å². The molecular weight excluding hydrogens is 180 g/mol. The van der Waals surface area contributed by atoms with E-state index in [9.17, 15) is 0 Å². The number of rotatable bonds is 3. The molecule has 13 heavy (non-hydrogen) atoms. The maximum Gasteiger partial charge on any atom is 0.100 e. The number of hydrogen-bond acceptors (Lipinski definition) is 3. The highest BCUT2D eigenvalue weighted by Gasteiger charge is 2.39. The molecule has 0 bridgehead atoms. The zero-order valence-electron chi connectivity index (χ0n) is 8.05. The zero-order chi connectivity index (χ0) is 9.31. The summed E-state index contributed by atoms with van der Waals surface area (Å²) in [6, 6.07) is 0. The van der Waals surface area contributed by atoms with Gasteiger partial charge in [-0.1, -0.05) is 13.3 Å². The molecule has 1 heterocycles. The molecule has 0 aliphatic heterocycles. The summed E-state index contributed by atoms with van der Waals surface area (Å²) in [6.45, 7) is 2.92. The summed E-state index contributed by atoms with van der Waals surface area (Å²) < 4.78 is 0. The fourth-order valence-electron chi connectivity index (χ4n) is 1.82. The first-order valence-corrected chi connectivity index (χ1v) is 5.83. The minimum atomic E-state index is 0.262. The Kier molecular flexibility index (Phi) is 2.39. The van der Waals surface area contributed by atoms with Gasteiger partial charge < -0.3 is 5.73 Å². The van der Waals surface area contributed by atoms with Crippen molar-refractivity contribution in [2.75, 3.05) is 6.54 Å². The van der Waals surface area contributed by atoms with Gasteiger partial charge in [0.1, 0.15) is 5.01 Å². The Balaban J connectivity index is 2.23. The van der Waals surface area contributed by atoms with Crippen LogP contribution in [0.3, 0.4) is 0 Å². The third-order valence-corrected chi connectivity index (χ3v) is 4.21. The molecule has 0 atom stereocenters. The Labute approximate surface area is 83.2 Å². The highest BCUT2D eigenvalue weighted by Crippen LogP contribution is 2.43. The summed E-state index contributed by atoms with van der Waals surface area (Å²) in [7, 11) is 0. The van der Waals surface area contributed by atoms with Crippen LogP contribution < -0.4 is 5.73 Å². The Morgan fingerprint density at radius 1 is 1.62 bits per heavy atom. The lowest BCUT2D eigenvalue weighted by Crippen LogP contribution is -2.41. The lowest BCUT2D eigenvalue weighted by atomic mass is 9.69. The molecule has 0 amide bonds. The fraction of sp³-hybridized carbons (Fsp3) is 0.700. The van der Waals surface area contributed by atoms with Gasteiger partial charge in [0, 0.05) is 17.3 Å². The second-order valence-electron chi connectivity index (χ2n) is 3.84. The van der Waals surface area contributed by atoms with Crippen LogP contribution in [0, 0.1) is 0 Å². The van der Waals surface area contributed by atoms with Gasteiger partial charge in [-0.25, -0.2) is 4.98 Å². The van der Waals surface area contributed by atoms with Gasteiger partial charge in [-0.2, -0.15) is 0 Å². The number of aryl methyl sites for hydroxylation is 1. The smallest absolute Gasteiger partial charge is 0.100 e. The van der Waals surface area contributed by atoms with Crippen molar-refractivity contribution in [2.45, 2.75) is 38.0 Å². The van der Waals surface area contributed by atoms with E-state index in [0.29, 0.717) is 0 Å². The van der Waals surface area contributed by atoms with Gasteiger partial charge in [0.25, 0.3) is 0 Å². The third-order valence-electron chi connectivity index (χ3n) is 3.07. The Morgan fingerprint density at radius 2 is 2.38 bits per heavy atom. The molecule has 0 unspecified atom stereocenters. The van der Waals surface area contributed by atoms with Gasteiger partial charge in [-0.05, 0) is 19.3 Å². The second-order valence-corrected chi connectivity index (χ2v) is 4.69. The highest BCUT2D eigenvalue weighted by molar-refractivity contribution is 7.09. The van der Waals surface area contributed by atoms with Crippen molar-refractivity contribution < 1.29 is 0 Å². The van der Waals surface area contributed by atoms with E-state index in [2.05, 4.69) is 17.3 Å². The third kappa shape index (κ3) is 1.40. The van der Waals surface area contributed by atoms with E-state index in [0.717, 1.165) is 13.0 Å². The standard InChI is InChI=1S/C10H16N2S/c1-2-8-6-13-9(12-8)10(7-11)4-3-5-10/h6H,2-5,7,11H2,1H3. The molecule has 1 aliphatic rings. The van der Waals surface area contributed by atoms with Gasteiger partial charge in [0.05, 0.1) is 5.69 Å². The van der Waals surface area contributed by atoms with Gasteiger partial charge >= 0.3 is 0 Å². The molecule has 72 valence electrons. The van der Waals surface area contributed by atoms with E-state index in [4.69, 9.17) is 5.73 Å². The first kappa shape index (κ1) is 9.16. The van der Waals surface area contributed by atoms with Gasteiger partial charge in [-0.15, -0.1) is 11.3 Å². The van der Waals surface area contributed by atoms with Crippen molar-refractivity contribution >= 4 is 11.3 Å². The maximum atomic E-state index is 5.82. The van der Waals surface area contributed by atoms with E-state index in [1.165, 1.54) is 30.0 Å². The molecule has 1 aliphatic carbocycles. The summed E-state index contributed by atoms with van der Waals surface area (Å²) in [4.78, 5) is 4.63. The van der Waals surface area contributed by atoms with Crippen molar-refractivity contribution in [1.82, 2.24) is 4.98 Å². The molecule has 2 nitrogen and oxygen atoms in total. The molecule has 1 fully saturated rings. The van der Waals surface area contributed by atoms with Crippen molar-refractivity contribution in [1.29, 1.82) is 0 Å². The minimum Gasteiger partial charge on any atom is -0.329 e. The Morgan fingerprint density at radius 3 is 2.77 bits per heavy atom. The quantitative estimate of drug-likeness (QED) is 0.804. The zero-order valence-corrected chi connectivity index (χ0v) is 8.86. The van der Waals surface area contributed by atoms with Gasteiger partial charge in [-0.3, -0.25) is 0 Å². The summed E-state index contributed by atoms with van der Waals surface area (Å²) >= 11 is 1.79. The number of hydrogen-bond donors (Lipinski definition) is 1. The van der Waals surface area contributed by atoms with Crippen LogP contribution in [0.15, 0.2) is 5.38 Å². The Bertz CT molecular complexity index is 283. The molecule has 1 saturated carbocycles. The maximum absolute atomic E-state index is 5.82. The highest BCUT2D eigenvalue weighted by atomic mass is 32.1. The molecule has 1 aromatic rings. The molecule has 0 radical (unpaired) electrons. The number of aromatic nitrogens is 1. The van der Waals surface area contributed by atoms with Crippen LogP contribution in [0.5, 0.6) is 0 Å². The largest absolute Gasteiger partial charge is 0.329 e. The van der Waals surface area contributed by atoms with E-state index >= 15 is 0 Å². The SMILES string of the molecule is CCc1csc(C2(CN)CCC2)n1. The lowest BCUT2D eigenvalue weighted by Gasteiger charge is -2.38. The van der Waals surface area contributed by atoms with Crippen LogP contribution in [0.25, 0.3) is 0 Å². The Hall–Kier alpha value is -0.410. The summed E-state index contributed by atoms with van der Waals surface area (Å²) in [6.07, 6.45) is 4.83. The van der Waals surface area contributed by atoms with Crippen LogP contribution in [-0.4, -0.2) is 11.5 Å². The molecule has 0 saturated heterocycles. The van der Waals surface area contributed by atoms with E-state index in [-0.39, 0.29) is 5.41 Å². The molecule has 0 aromatic carbocycles. The monoisotopic (exact) mass is 196 g/mol. The average molecular weight is 196 g/mol. The summed E-state index contributed by atoms with van der Waals surface area (Å²) in [5.41, 5.74) is 7.30. The summed E-state index contributed by atoms with van der Waals surface area (Å²) in [5.74, 6) is 0. The number of nitrogens with two attached hydrogens (primary N) is 1. The molecule has 0 spiro atoms. The van der Waals surface area contributed by atoms with Crippen molar-refractivity contribution in [3.8, 4) is 0 Å². The number of nitrogens with zero attached hydrogens (tertiary/aromatic N) is 1. The van der Waals surface area contributed by atoms with Crippen molar-refractivity contribution in [3.05, 3.63) is 16.1 Å². The predicted molar refractivity (Wildman–Crippen MR) is 56.1 cm³/mol. The first-order valence-electron chi connectivity index (χ1n) is 4.96. The van der Waals surface area contributed by atoms with Crippen LogP contribution in [0.4, 0.5) is 0 Å². The van der Waals surface area contributed by atoms with Crippen LogP contribution in [0.2, 0.25) is 0 Å². The van der Waals surface area contributed by atoms with E-state index < -0.39 is 0 Å². The lowest BCUT2D eigenvalue weighted by molar-refractivity contribution is 0.252. The van der Waals surface area contributed by atoms with Crippen molar-refractivity contribution in [2.24, 2.45) is 5.73 Å². The molecule has 2 N–H and O–H groups in total. The molecular formula is C10H16N2S. The molecule has 1 aromatic heterocycles. The van der Waals surface area contributed by atoms with Crippen LogP contribution in [0.1, 0.15) is 36.9 Å². The van der Waals surface area contributed by atoms with Crippen molar-refractivity contribution in [3.63, 3.8) is 0 Å².